The minimum absolute atomic E-state index is 0.0994. The number of hydrogen-bond acceptors (Lipinski definition) is 17. The van der Waals surface area contributed by atoms with Crippen molar-refractivity contribution in [3.05, 3.63) is 0 Å². The van der Waals surface area contributed by atoms with E-state index in [0.717, 1.165) is 32.1 Å². The molecule has 0 saturated carbocycles. The van der Waals surface area contributed by atoms with Crippen LogP contribution in [-0.4, -0.2) is 171 Å². The summed E-state index contributed by atoms with van der Waals surface area (Å²) in [6, 6.07) is 0. The molecule has 3 heterocycles. The maximum absolute atomic E-state index is 11.2. The van der Waals surface area contributed by atoms with Crippen LogP contribution >= 0.6 is 0 Å². The number of ether oxygens (including phenoxy) is 7. The van der Waals surface area contributed by atoms with Gasteiger partial charge in [-0.25, -0.2) is 0 Å². The van der Waals surface area contributed by atoms with Crippen LogP contribution in [0.3, 0.4) is 0 Å². The lowest BCUT2D eigenvalue weighted by atomic mass is 9.96. The quantitative estimate of drug-likeness (QED) is 0.0539. The lowest BCUT2D eigenvalue weighted by Crippen LogP contribution is -2.66. The van der Waals surface area contributed by atoms with E-state index in [1.165, 1.54) is 7.11 Å². The van der Waals surface area contributed by atoms with E-state index in [9.17, 15) is 50.8 Å². The molecule has 0 spiro atoms. The van der Waals surface area contributed by atoms with Crippen LogP contribution in [0.2, 0.25) is 0 Å². The van der Waals surface area contributed by atoms with Crippen molar-refractivity contribution in [1.29, 1.82) is 0 Å². The van der Waals surface area contributed by atoms with E-state index < -0.39 is 106 Å². The molecule has 0 aromatic carbocycles. The second kappa shape index (κ2) is 19.0. The maximum atomic E-state index is 11.2. The summed E-state index contributed by atoms with van der Waals surface area (Å²) in [7, 11) is 1.35. The van der Waals surface area contributed by atoms with Gasteiger partial charge in [0.2, 0.25) is 0 Å². The fourth-order valence-electron chi connectivity index (χ4n) is 5.50. The predicted molar refractivity (Wildman–Crippen MR) is 148 cm³/mol. The minimum Gasteiger partial charge on any atom is -0.469 e. The molecule has 0 bridgehead atoms. The molecule has 3 rings (SSSR count). The largest absolute Gasteiger partial charge is 0.469 e. The summed E-state index contributed by atoms with van der Waals surface area (Å²) in [5.74, 6) is -0.240. The highest BCUT2D eigenvalue weighted by Crippen LogP contribution is 2.33. The third kappa shape index (κ3) is 10.4. The summed E-state index contributed by atoms with van der Waals surface area (Å²) in [6.07, 6.45) is -16.1. The lowest BCUT2D eigenvalue weighted by molar-refractivity contribution is -0.385. The van der Waals surface area contributed by atoms with Gasteiger partial charge in [0.25, 0.3) is 0 Å². The number of unbranched alkanes of at least 4 members (excludes halogenated alkanes) is 5. The summed E-state index contributed by atoms with van der Waals surface area (Å²) in [4.78, 5) is 11.2. The molecule has 3 aliphatic rings. The second-order valence-electron chi connectivity index (χ2n) is 11.5. The van der Waals surface area contributed by atoms with Crippen molar-refractivity contribution in [1.82, 2.24) is 0 Å². The molecule has 3 saturated heterocycles. The van der Waals surface area contributed by atoms with Crippen LogP contribution in [0, 0.1) is 0 Å². The first-order chi connectivity index (χ1) is 21.6. The van der Waals surface area contributed by atoms with E-state index in [1.54, 1.807) is 0 Å². The minimum atomic E-state index is -1.81. The molecule has 9 N–H and O–H groups in total. The van der Waals surface area contributed by atoms with Crippen LogP contribution in [0.4, 0.5) is 0 Å². The molecule has 0 aliphatic carbocycles. The van der Waals surface area contributed by atoms with Crippen molar-refractivity contribution in [2.75, 3.05) is 33.5 Å². The average molecular weight is 659 g/mol. The van der Waals surface area contributed by atoms with Crippen LogP contribution in [0.25, 0.3) is 0 Å². The van der Waals surface area contributed by atoms with E-state index >= 15 is 0 Å². The smallest absolute Gasteiger partial charge is 0.305 e. The molecule has 14 atom stereocenters. The van der Waals surface area contributed by atoms with Crippen LogP contribution in [0.15, 0.2) is 0 Å². The highest BCUT2D eigenvalue weighted by Gasteiger charge is 2.53. The van der Waals surface area contributed by atoms with E-state index in [2.05, 4.69) is 4.74 Å². The zero-order chi connectivity index (χ0) is 33.1. The van der Waals surface area contributed by atoms with Crippen molar-refractivity contribution in [2.45, 2.75) is 137 Å². The number of methoxy groups -OCH3 is 1. The van der Waals surface area contributed by atoms with Gasteiger partial charge in [-0.2, -0.15) is 0 Å². The Labute approximate surface area is 261 Å². The number of rotatable bonds is 17. The van der Waals surface area contributed by atoms with Gasteiger partial charge in [0.1, 0.15) is 54.9 Å². The maximum Gasteiger partial charge on any atom is 0.305 e. The van der Waals surface area contributed by atoms with Gasteiger partial charge < -0.3 is 79.1 Å². The number of carbonyl (C=O) groups excluding carboxylic acids is 1. The summed E-state index contributed by atoms with van der Waals surface area (Å²) in [6.45, 7) is -1.77. The molecule has 264 valence electrons. The van der Waals surface area contributed by atoms with E-state index in [1.807, 2.05) is 0 Å². The van der Waals surface area contributed by atoms with E-state index in [4.69, 9.17) is 28.4 Å². The normalized spacial score (nSPS) is 40.8. The molecule has 0 unspecified atom stereocenters. The van der Waals surface area contributed by atoms with Gasteiger partial charge in [0.15, 0.2) is 18.9 Å². The lowest BCUT2D eigenvalue weighted by Gasteiger charge is -2.48. The Morgan fingerprint density at radius 3 is 1.89 bits per heavy atom. The first kappa shape index (κ1) is 38.3. The Balaban J connectivity index is 1.63. The zero-order valence-corrected chi connectivity index (χ0v) is 25.4. The number of aliphatic hydroxyl groups excluding tert-OH is 9. The fraction of sp³-hybridized carbons (Fsp3) is 0.964. The fourth-order valence-corrected chi connectivity index (χ4v) is 5.50. The molecule has 17 heteroatoms. The summed E-state index contributed by atoms with van der Waals surface area (Å²) < 4.78 is 38.5. The summed E-state index contributed by atoms with van der Waals surface area (Å²) >= 11 is 0. The highest BCUT2D eigenvalue weighted by atomic mass is 16.8. The van der Waals surface area contributed by atoms with Crippen LogP contribution in [0.5, 0.6) is 0 Å². The van der Waals surface area contributed by atoms with Crippen LogP contribution in [-0.2, 0) is 38.0 Å². The van der Waals surface area contributed by atoms with Gasteiger partial charge in [0.05, 0.1) is 39.1 Å². The monoisotopic (exact) mass is 658 g/mol. The number of hydrogen-bond donors (Lipinski definition) is 9. The highest BCUT2D eigenvalue weighted by molar-refractivity contribution is 5.68. The molecule has 3 fully saturated rings. The zero-order valence-electron chi connectivity index (χ0n) is 25.4. The molecule has 0 amide bonds. The predicted octanol–water partition coefficient (Wildman–Crippen LogP) is -3.62. The van der Waals surface area contributed by atoms with Crippen molar-refractivity contribution in [3.63, 3.8) is 0 Å². The average Bonchev–Trinajstić information content (AvgIpc) is 3.03. The van der Waals surface area contributed by atoms with Gasteiger partial charge >= 0.3 is 5.97 Å². The SMILES string of the molecule is COC(=O)CCCCCCCCO[C@H]1O[C@H](CO)[C@@H](O)[C@H](O[C@H]2O[C@H](CO)[C@@H](O)[C@H](O)[C@H]2O[C@H]2O[C@H](CO)C[C@H](O)[C@H]2O)[C@H]1O. The van der Waals surface area contributed by atoms with Gasteiger partial charge in [-0.3, -0.25) is 4.79 Å². The topological polar surface area (TPSA) is 264 Å². The standard InChI is InChI=1S/C28H50O17/c1-39-18(33)8-6-4-2-3-5-7-9-40-26-23(38)24(21(36)17(13-31)42-26)44-28-25(22(37)20(35)16(12-30)43-28)45-27-19(34)15(32)10-14(11-29)41-27/h14-17,19-32,34-38H,2-13H2,1H3/t14-,15-,16+,17+,19+,20+,21+,22-,23+,24-,25+,26-,27+,28+/m0/s1. The van der Waals surface area contributed by atoms with E-state index in [0.29, 0.717) is 12.8 Å². The third-order valence-corrected chi connectivity index (χ3v) is 8.22. The molecule has 0 aromatic heterocycles. The number of aliphatic hydroxyl groups is 9. The third-order valence-electron chi connectivity index (χ3n) is 8.22. The summed E-state index contributed by atoms with van der Waals surface area (Å²) in [5, 5.41) is 92.9. The van der Waals surface area contributed by atoms with Crippen molar-refractivity contribution in [3.8, 4) is 0 Å². The molecule has 0 radical (unpaired) electrons. The Bertz CT molecular complexity index is 852. The van der Waals surface area contributed by atoms with Crippen molar-refractivity contribution >= 4 is 5.97 Å². The summed E-state index contributed by atoms with van der Waals surface area (Å²) in [5.41, 5.74) is 0. The first-order valence-corrected chi connectivity index (χ1v) is 15.4. The van der Waals surface area contributed by atoms with Crippen LogP contribution < -0.4 is 0 Å². The van der Waals surface area contributed by atoms with Crippen LogP contribution in [0.1, 0.15) is 51.4 Å². The second-order valence-corrected chi connectivity index (χ2v) is 11.5. The Kier molecular flexibility index (Phi) is 16.2. The molecule has 45 heavy (non-hydrogen) atoms. The molecule has 17 nitrogen and oxygen atoms in total. The Morgan fingerprint density at radius 1 is 0.644 bits per heavy atom. The number of esters is 1. The van der Waals surface area contributed by atoms with Gasteiger partial charge in [-0.05, 0) is 12.8 Å². The van der Waals surface area contributed by atoms with Gasteiger partial charge in [-0.15, -0.1) is 0 Å². The van der Waals surface area contributed by atoms with E-state index in [-0.39, 0.29) is 19.0 Å². The first-order valence-electron chi connectivity index (χ1n) is 15.4. The molecular formula is C28H50O17. The molecular weight excluding hydrogens is 608 g/mol. The van der Waals surface area contributed by atoms with Gasteiger partial charge in [0, 0.05) is 19.4 Å². The van der Waals surface area contributed by atoms with Crippen molar-refractivity contribution < 1.29 is 83.9 Å². The number of carbonyl (C=O) groups is 1. The Hall–Kier alpha value is -1.13. The Morgan fingerprint density at radius 2 is 1.24 bits per heavy atom. The molecule has 0 aromatic rings. The van der Waals surface area contributed by atoms with Gasteiger partial charge in [-0.1, -0.05) is 25.7 Å². The molecule has 3 aliphatic heterocycles. The van der Waals surface area contributed by atoms with Crippen molar-refractivity contribution in [2.24, 2.45) is 0 Å².